The Morgan fingerprint density at radius 3 is 2.75 bits per heavy atom. The molecule has 0 aromatic heterocycles. The molecule has 0 aliphatic heterocycles. The molecular formula is C9H18N2O. The zero-order chi connectivity index (χ0) is 8.81. The van der Waals surface area contributed by atoms with Crippen LogP contribution < -0.4 is 10.6 Å². The minimum Gasteiger partial charge on any atom is -0.353 e. The number of carbonyl (C=O) groups excluding carboxylic acids is 1. The van der Waals surface area contributed by atoms with Crippen LogP contribution in [0.2, 0.25) is 0 Å². The smallest absolute Gasteiger partial charge is 0.221 e. The van der Waals surface area contributed by atoms with E-state index in [0.29, 0.717) is 12.5 Å². The lowest BCUT2D eigenvalue weighted by Crippen LogP contribution is -2.40. The van der Waals surface area contributed by atoms with Crippen molar-refractivity contribution >= 4 is 5.91 Å². The Labute approximate surface area is 73.9 Å². The van der Waals surface area contributed by atoms with Crippen molar-refractivity contribution in [3.05, 3.63) is 0 Å². The highest BCUT2D eigenvalue weighted by Crippen LogP contribution is 2.17. The lowest BCUT2D eigenvalue weighted by Gasteiger charge is -2.26. The molecular weight excluding hydrogens is 152 g/mol. The van der Waals surface area contributed by atoms with E-state index < -0.39 is 0 Å². The van der Waals surface area contributed by atoms with Gasteiger partial charge in [-0.3, -0.25) is 4.79 Å². The molecule has 1 amide bonds. The molecule has 12 heavy (non-hydrogen) atoms. The maximum absolute atomic E-state index is 11.2. The summed E-state index contributed by atoms with van der Waals surface area (Å²) in [6.45, 7) is 3.79. The Morgan fingerprint density at radius 1 is 1.50 bits per heavy atom. The zero-order valence-corrected chi connectivity index (χ0v) is 7.73. The van der Waals surface area contributed by atoms with E-state index >= 15 is 0 Å². The first kappa shape index (κ1) is 9.52. The highest BCUT2D eigenvalue weighted by molar-refractivity contribution is 5.76. The molecule has 0 bridgehead atoms. The largest absolute Gasteiger partial charge is 0.353 e. The van der Waals surface area contributed by atoms with Gasteiger partial charge in [-0.25, -0.2) is 0 Å². The van der Waals surface area contributed by atoms with Gasteiger partial charge in [0.2, 0.25) is 5.91 Å². The molecule has 1 fully saturated rings. The fourth-order valence-electron chi connectivity index (χ4n) is 1.23. The van der Waals surface area contributed by atoms with Gasteiger partial charge in [0, 0.05) is 19.0 Å². The molecule has 0 atom stereocenters. The van der Waals surface area contributed by atoms with Gasteiger partial charge in [-0.1, -0.05) is 6.92 Å². The topological polar surface area (TPSA) is 41.1 Å². The van der Waals surface area contributed by atoms with Crippen molar-refractivity contribution in [1.82, 2.24) is 10.6 Å². The molecule has 1 aliphatic carbocycles. The van der Waals surface area contributed by atoms with E-state index in [1.165, 1.54) is 19.3 Å². The minimum atomic E-state index is 0.195. The van der Waals surface area contributed by atoms with Crippen LogP contribution in [0.4, 0.5) is 0 Å². The van der Waals surface area contributed by atoms with Crippen LogP contribution in [-0.4, -0.2) is 25.0 Å². The van der Waals surface area contributed by atoms with Gasteiger partial charge in [-0.05, 0) is 25.8 Å². The predicted octanol–water partition coefficient (Wildman–Crippen LogP) is 0.655. The van der Waals surface area contributed by atoms with Crippen LogP contribution in [0, 0.1) is 0 Å². The number of hydrogen-bond donors (Lipinski definition) is 2. The maximum Gasteiger partial charge on any atom is 0.221 e. The summed E-state index contributed by atoms with van der Waals surface area (Å²) in [5.74, 6) is 0.195. The normalized spacial score (nSPS) is 17.1. The summed E-state index contributed by atoms with van der Waals surface area (Å²) < 4.78 is 0. The predicted molar refractivity (Wildman–Crippen MR) is 48.9 cm³/mol. The fourth-order valence-corrected chi connectivity index (χ4v) is 1.23. The van der Waals surface area contributed by atoms with Crippen LogP contribution in [-0.2, 0) is 4.79 Å². The van der Waals surface area contributed by atoms with Crippen molar-refractivity contribution in [2.45, 2.75) is 38.6 Å². The average molecular weight is 170 g/mol. The Hall–Kier alpha value is -0.570. The molecule has 1 saturated carbocycles. The summed E-state index contributed by atoms with van der Waals surface area (Å²) in [5, 5.41) is 6.12. The molecule has 0 unspecified atom stereocenters. The first-order chi connectivity index (χ1) is 5.83. The maximum atomic E-state index is 11.2. The van der Waals surface area contributed by atoms with Gasteiger partial charge >= 0.3 is 0 Å². The first-order valence-corrected chi connectivity index (χ1v) is 4.83. The van der Waals surface area contributed by atoms with Crippen LogP contribution in [0.1, 0.15) is 32.6 Å². The van der Waals surface area contributed by atoms with Crippen molar-refractivity contribution in [3.63, 3.8) is 0 Å². The molecule has 0 heterocycles. The third kappa shape index (κ3) is 3.22. The number of hydrogen-bond acceptors (Lipinski definition) is 2. The number of amides is 1. The SMILES string of the molecule is CCNCCC(=O)NC1CCC1. The fraction of sp³-hybridized carbons (Fsp3) is 0.889. The summed E-state index contributed by atoms with van der Waals surface area (Å²) in [7, 11) is 0. The van der Waals surface area contributed by atoms with Crippen molar-refractivity contribution in [3.8, 4) is 0 Å². The second-order valence-corrected chi connectivity index (χ2v) is 3.30. The Morgan fingerprint density at radius 2 is 2.25 bits per heavy atom. The van der Waals surface area contributed by atoms with Crippen LogP contribution in [0.5, 0.6) is 0 Å². The molecule has 0 aromatic carbocycles. The number of rotatable bonds is 5. The van der Waals surface area contributed by atoms with E-state index in [-0.39, 0.29) is 5.91 Å². The van der Waals surface area contributed by atoms with Gasteiger partial charge in [0.25, 0.3) is 0 Å². The van der Waals surface area contributed by atoms with Crippen molar-refractivity contribution in [2.75, 3.05) is 13.1 Å². The molecule has 0 spiro atoms. The Kier molecular flexibility index (Phi) is 4.08. The molecule has 0 aromatic rings. The molecule has 1 aliphatic rings. The van der Waals surface area contributed by atoms with E-state index in [9.17, 15) is 4.79 Å². The Balaban J connectivity index is 1.95. The molecule has 2 N–H and O–H groups in total. The van der Waals surface area contributed by atoms with Gasteiger partial charge in [-0.2, -0.15) is 0 Å². The lowest BCUT2D eigenvalue weighted by atomic mass is 9.93. The van der Waals surface area contributed by atoms with E-state index in [4.69, 9.17) is 0 Å². The second-order valence-electron chi connectivity index (χ2n) is 3.30. The summed E-state index contributed by atoms with van der Waals surface area (Å²) in [6.07, 6.45) is 4.24. The van der Waals surface area contributed by atoms with E-state index in [1.54, 1.807) is 0 Å². The lowest BCUT2D eigenvalue weighted by molar-refractivity contribution is -0.122. The molecule has 0 saturated heterocycles. The summed E-state index contributed by atoms with van der Waals surface area (Å²) >= 11 is 0. The first-order valence-electron chi connectivity index (χ1n) is 4.83. The monoisotopic (exact) mass is 170 g/mol. The standard InChI is InChI=1S/C9H18N2O/c1-2-10-7-6-9(12)11-8-4-3-5-8/h8,10H,2-7H2,1H3,(H,11,12). The van der Waals surface area contributed by atoms with E-state index in [2.05, 4.69) is 10.6 Å². The van der Waals surface area contributed by atoms with E-state index in [1.807, 2.05) is 6.92 Å². The van der Waals surface area contributed by atoms with Gasteiger partial charge in [0.15, 0.2) is 0 Å². The second kappa shape index (κ2) is 5.14. The summed E-state index contributed by atoms with van der Waals surface area (Å²) in [4.78, 5) is 11.2. The summed E-state index contributed by atoms with van der Waals surface area (Å²) in [5.41, 5.74) is 0. The number of nitrogens with one attached hydrogen (secondary N) is 2. The van der Waals surface area contributed by atoms with E-state index in [0.717, 1.165) is 13.1 Å². The molecule has 70 valence electrons. The quantitative estimate of drug-likeness (QED) is 0.595. The third-order valence-electron chi connectivity index (χ3n) is 2.25. The van der Waals surface area contributed by atoms with Crippen LogP contribution in [0.25, 0.3) is 0 Å². The average Bonchev–Trinajstić information content (AvgIpc) is 1.98. The summed E-state index contributed by atoms with van der Waals surface area (Å²) in [6, 6.07) is 0.485. The van der Waals surface area contributed by atoms with Crippen molar-refractivity contribution < 1.29 is 4.79 Å². The highest BCUT2D eigenvalue weighted by Gasteiger charge is 2.18. The molecule has 1 rings (SSSR count). The Bertz CT molecular complexity index is 143. The van der Waals surface area contributed by atoms with Crippen LogP contribution >= 0.6 is 0 Å². The molecule has 3 nitrogen and oxygen atoms in total. The van der Waals surface area contributed by atoms with Gasteiger partial charge in [-0.15, -0.1) is 0 Å². The van der Waals surface area contributed by atoms with Crippen molar-refractivity contribution in [1.29, 1.82) is 0 Å². The van der Waals surface area contributed by atoms with Crippen LogP contribution in [0.3, 0.4) is 0 Å². The minimum absolute atomic E-state index is 0.195. The van der Waals surface area contributed by atoms with Gasteiger partial charge in [0.05, 0.1) is 0 Å². The van der Waals surface area contributed by atoms with Gasteiger partial charge in [0.1, 0.15) is 0 Å². The third-order valence-corrected chi connectivity index (χ3v) is 2.25. The highest BCUT2D eigenvalue weighted by atomic mass is 16.1. The molecule has 0 radical (unpaired) electrons. The van der Waals surface area contributed by atoms with Crippen LogP contribution in [0.15, 0.2) is 0 Å². The molecule has 3 heteroatoms. The van der Waals surface area contributed by atoms with Gasteiger partial charge < -0.3 is 10.6 Å². The zero-order valence-electron chi connectivity index (χ0n) is 7.73. The van der Waals surface area contributed by atoms with Crippen molar-refractivity contribution in [2.24, 2.45) is 0 Å². The number of carbonyl (C=O) groups is 1.